The van der Waals surface area contributed by atoms with Crippen molar-refractivity contribution >= 4 is 33.6 Å². The monoisotopic (exact) mass is 460 g/mol. The highest BCUT2D eigenvalue weighted by atomic mass is 79.9. The molecule has 1 aliphatic heterocycles. The number of nitrogens with zero attached hydrogens (tertiary/aromatic N) is 6. The lowest BCUT2D eigenvalue weighted by molar-refractivity contribution is 0.527. The number of piperidine rings is 1. The standard InChI is InChI=1S/C19H21BrN6OS/c20-14-6-4-13(5-7-14)17-22-21-16(27-17)12-28-19-24-23-18(26(19)15-8-9-15)25-10-2-1-3-11-25/h4-7,15H,1-3,8-12H2. The van der Waals surface area contributed by atoms with Gasteiger partial charge < -0.3 is 9.32 Å². The first-order chi connectivity index (χ1) is 13.8. The Morgan fingerprint density at radius 3 is 2.54 bits per heavy atom. The van der Waals surface area contributed by atoms with Crippen molar-refractivity contribution in [3.05, 3.63) is 34.6 Å². The molecular formula is C19H21BrN6OS. The SMILES string of the molecule is Brc1ccc(-c2nnc(CSc3nnc(N4CCCCC4)n3C3CC3)o2)cc1. The van der Waals surface area contributed by atoms with Crippen LogP contribution in [0.15, 0.2) is 38.3 Å². The summed E-state index contributed by atoms with van der Waals surface area (Å²) >= 11 is 5.06. The highest BCUT2D eigenvalue weighted by Gasteiger charge is 2.32. The van der Waals surface area contributed by atoms with Crippen molar-refractivity contribution in [1.29, 1.82) is 0 Å². The summed E-state index contributed by atoms with van der Waals surface area (Å²) in [5.41, 5.74) is 0.917. The lowest BCUT2D eigenvalue weighted by Crippen LogP contribution is -2.31. The Morgan fingerprint density at radius 1 is 1.00 bits per heavy atom. The van der Waals surface area contributed by atoms with Crippen LogP contribution in [-0.4, -0.2) is 38.1 Å². The third-order valence-corrected chi connectivity index (χ3v) is 6.54. The van der Waals surface area contributed by atoms with Crippen LogP contribution in [0.4, 0.5) is 5.95 Å². The van der Waals surface area contributed by atoms with Crippen LogP contribution in [0.25, 0.3) is 11.5 Å². The number of hydrogen-bond acceptors (Lipinski definition) is 7. The molecule has 2 fully saturated rings. The molecule has 0 N–H and O–H groups in total. The Bertz CT molecular complexity index is 946. The molecule has 0 radical (unpaired) electrons. The van der Waals surface area contributed by atoms with Gasteiger partial charge in [-0.15, -0.1) is 20.4 Å². The topological polar surface area (TPSA) is 72.9 Å². The summed E-state index contributed by atoms with van der Waals surface area (Å²) in [5, 5.41) is 18.3. The van der Waals surface area contributed by atoms with E-state index in [1.165, 1.54) is 32.1 Å². The first kappa shape index (κ1) is 18.2. The third kappa shape index (κ3) is 3.82. The zero-order valence-corrected chi connectivity index (χ0v) is 17.8. The summed E-state index contributed by atoms with van der Waals surface area (Å²) in [5.74, 6) is 2.77. The molecule has 28 heavy (non-hydrogen) atoms. The van der Waals surface area contributed by atoms with Gasteiger partial charge in [-0.3, -0.25) is 4.57 Å². The Labute approximate surface area is 176 Å². The number of anilines is 1. The molecule has 3 heterocycles. The zero-order chi connectivity index (χ0) is 18.9. The van der Waals surface area contributed by atoms with Gasteiger partial charge >= 0.3 is 0 Å². The van der Waals surface area contributed by atoms with E-state index in [9.17, 15) is 0 Å². The maximum atomic E-state index is 5.84. The average molecular weight is 461 g/mol. The Hall–Kier alpha value is -1.87. The maximum absolute atomic E-state index is 5.84. The summed E-state index contributed by atoms with van der Waals surface area (Å²) in [6.45, 7) is 2.16. The van der Waals surface area contributed by atoms with E-state index in [-0.39, 0.29) is 0 Å². The largest absolute Gasteiger partial charge is 0.420 e. The first-order valence-corrected chi connectivity index (χ1v) is 11.5. The van der Waals surface area contributed by atoms with E-state index < -0.39 is 0 Å². The van der Waals surface area contributed by atoms with E-state index in [2.05, 4.69) is 45.8 Å². The second-order valence-corrected chi connectivity index (χ2v) is 9.09. The van der Waals surface area contributed by atoms with E-state index in [4.69, 9.17) is 4.42 Å². The molecule has 0 spiro atoms. The fraction of sp³-hybridized carbons (Fsp3) is 0.474. The minimum atomic E-state index is 0.537. The summed E-state index contributed by atoms with van der Waals surface area (Å²) in [6.07, 6.45) is 6.20. The van der Waals surface area contributed by atoms with Gasteiger partial charge in [0.1, 0.15) is 0 Å². The first-order valence-electron chi connectivity index (χ1n) is 9.69. The number of halogens is 1. The molecule has 0 atom stereocenters. The van der Waals surface area contributed by atoms with Crippen LogP contribution in [0.1, 0.15) is 44.0 Å². The quantitative estimate of drug-likeness (QED) is 0.493. The second-order valence-electron chi connectivity index (χ2n) is 7.23. The van der Waals surface area contributed by atoms with E-state index in [1.807, 2.05) is 24.3 Å². The molecule has 0 bridgehead atoms. The summed E-state index contributed by atoms with van der Waals surface area (Å²) < 4.78 is 9.19. The normalized spacial score (nSPS) is 17.2. The highest BCUT2D eigenvalue weighted by molar-refractivity contribution is 9.10. The van der Waals surface area contributed by atoms with Gasteiger partial charge in [-0.2, -0.15) is 0 Å². The van der Waals surface area contributed by atoms with Crippen LogP contribution in [-0.2, 0) is 5.75 Å². The number of aromatic nitrogens is 5. The fourth-order valence-electron chi connectivity index (χ4n) is 3.48. The van der Waals surface area contributed by atoms with Crippen LogP contribution < -0.4 is 4.90 Å². The number of benzene rings is 1. The van der Waals surface area contributed by atoms with Gasteiger partial charge in [0.25, 0.3) is 0 Å². The van der Waals surface area contributed by atoms with Crippen LogP contribution in [0, 0.1) is 0 Å². The van der Waals surface area contributed by atoms with Crippen molar-refractivity contribution in [2.75, 3.05) is 18.0 Å². The molecule has 1 saturated carbocycles. The van der Waals surface area contributed by atoms with Gasteiger partial charge in [0.05, 0.1) is 5.75 Å². The summed E-state index contributed by atoms with van der Waals surface area (Å²) in [7, 11) is 0. The Kier molecular flexibility index (Phi) is 5.11. The Balaban J connectivity index is 1.30. The molecule has 2 aliphatic rings. The second kappa shape index (κ2) is 7.87. The van der Waals surface area contributed by atoms with Gasteiger partial charge in [0, 0.05) is 29.2 Å². The van der Waals surface area contributed by atoms with Gasteiger partial charge in [-0.05, 0) is 56.4 Å². The number of thioether (sulfide) groups is 1. The molecule has 1 aliphatic carbocycles. The highest BCUT2D eigenvalue weighted by Crippen LogP contribution is 2.41. The lowest BCUT2D eigenvalue weighted by Gasteiger charge is -2.27. The molecule has 0 amide bonds. The molecule has 5 rings (SSSR count). The molecule has 0 unspecified atom stereocenters. The van der Waals surface area contributed by atoms with Crippen molar-refractivity contribution in [1.82, 2.24) is 25.0 Å². The number of hydrogen-bond donors (Lipinski definition) is 0. The summed E-state index contributed by atoms with van der Waals surface area (Å²) in [4.78, 5) is 2.39. The predicted octanol–water partition coefficient (Wildman–Crippen LogP) is 4.71. The molecule has 7 nitrogen and oxygen atoms in total. The minimum absolute atomic E-state index is 0.537. The smallest absolute Gasteiger partial charge is 0.247 e. The predicted molar refractivity (Wildman–Crippen MR) is 111 cm³/mol. The van der Waals surface area contributed by atoms with Gasteiger partial charge in [0.15, 0.2) is 5.16 Å². The molecule has 2 aromatic heterocycles. The van der Waals surface area contributed by atoms with E-state index in [0.717, 1.165) is 34.2 Å². The van der Waals surface area contributed by atoms with Crippen molar-refractivity contribution in [3.8, 4) is 11.5 Å². The van der Waals surface area contributed by atoms with Crippen LogP contribution >= 0.6 is 27.7 Å². The molecule has 1 saturated heterocycles. The van der Waals surface area contributed by atoms with Gasteiger partial charge in [-0.1, -0.05) is 27.7 Å². The summed E-state index contributed by atoms with van der Waals surface area (Å²) in [6, 6.07) is 8.39. The van der Waals surface area contributed by atoms with Crippen molar-refractivity contribution < 1.29 is 4.42 Å². The van der Waals surface area contributed by atoms with Gasteiger partial charge in [-0.25, -0.2) is 0 Å². The molecular weight excluding hydrogens is 440 g/mol. The van der Waals surface area contributed by atoms with E-state index in [0.29, 0.717) is 23.6 Å². The van der Waals surface area contributed by atoms with Crippen molar-refractivity contribution in [2.24, 2.45) is 0 Å². The van der Waals surface area contributed by atoms with E-state index >= 15 is 0 Å². The molecule has 3 aromatic rings. The van der Waals surface area contributed by atoms with Crippen LogP contribution in [0.3, 0.4) is 0 Å². The molecule has 9 heteroatoms. The maximum Gasteiger partial charge on any atom is 0.247 e. The fourth-order valence-corrected chi connectivity index (χ4v) is 4.58. The van der Waals surface area contributed by atoms with Crippen molar-refractivity contribution in [2.45, 2.75) is 49.1 Å². The number of rotatable bonds is 6. The third-order valence-electron chi connectivity index (χ3n) is 5.08. The van der Waals surface area contributed by atoms with Crippen LogP contribution in [0.2, 0.25) is 0 Å². The lowest BCUT2D eigenvalue weighted by atomic mass is 10.1. The minimum Gasteiger partial charge on any atom is -0.420 e. The van der Waals surface area contributed by atoms with E-state index in [1.54, 1.807) is 11.8 Å². The molecule has 146 valence electrons. The van der Waals surface area contributed by atoms with Gasteiger partial charge in [0.2, 0.25) is 17.7 Å². The van der Waals surface area contributed by atoms with Crippen molar-refractivity contribution in [3.63, 3.8) is 0 Å². The average Bonchev–Trinajstić information content (AvgIpc) is 3.30. The zero-order valence-electron chi connectivity index (χ0n) is 15.4. The Morgan fingerprint density at radius 2 is 1.79 bits per heavy atom. The molecule has 1 aromatic carbocycles. The van der Waals surface area contributed by atoms with Crippen LogP contribution in [0.5, 0.6) is 0 Å².